The maximum atomic E-state index is 11.9. The lowest BCUT2D eigenvalue weighted by Crippen LogP contribution is -2.34. The quantitative estimate of drug-likeness (QED) is 0.799. The number of amides is 1. The van der Waals surface area contributed by atoms with Crippen LogP contribution in [-0.4, -0.2) is 35.5 Å². The van der Waals surface area contributed by atoms with E-state index in [1.807, 2.05) is 45.0 Å². The summed E-state index contributed by atoms with van der Waals surface area (Å²) in [6, 6.07) is 7.50. The Morgan fingerprint density at radius 3 is 2.76 bits per heavy atom. The monoisotopic (exact) mass is 292 g/mol. The number of anilines is 1. The second-order valence-electron chi connectivity index (χ2n) is 6.61. The SMILES string of the molecule is CC(C)(C)OC(=O)Nc1ccccc1CC1(O)CCNC1. The third-order valence-electron chi connectivity index (χ3n) is 3.39. The number of rotatable bonds is 3. The Kier molecular flexibility index (Phi) is 4.54. The van der Waals surface area contributed by atoms with Gasteiger partial charge in [-0.25, -0.2) is 4.79 Å². The topological polar surface area (TPSA) is 70.6 Å². The van der Waals surface area contributed by atoms with E-state index in [1.165, 1.54) is 0 Å². The van der Waals surface area contributed by atoms with Crippen LogP contribution in [0.5, 0.6) is 0 Å². The van der Waals surface area contributed by atoms with E-state index in [1.54, 1.807) is 0 Å². The lowest BCUT2D eigenvalue weighted by molar-refractivity contribution is 0.0604. The molecule has 0 saturated carbocycles. The molecule has 1 atom stereocenters. The average Bonchev–Trinajstić information content (AvgIpc) is 2.76. The largest absolute Gasteiger partial charge is 0.444 e. The van der Waals surface area contributed by atoms with Gasteiger partial charge in [-0.2, -0.15) is 0 Å². The molecule has 1 fully saturated rings. The average molecular weight is 292 g/mol. The molecular formula is C16H24N2O3. The van der Waals surface area contributed by atoms with Crippen LogP contribution in [0.15, 0.2) is 24.3 Å². The highest BCUT2D eigenvalue weighted by Gasteiger charge is 2.32. The molecule has 21 heavy (non-hydrogen) atoms. The summed E-state index contributed by atoms with van der Waals surface area (Å²) in [6.07, 6.45) is 0.742. The smallest absolute Gasteiger partial charge is 0.412 e. The summed E-state index contributed by atoms with van der Waals surface area (Å²) in [4.78, 5) is 11.9. The van der Waals surface area contributed by atoms with Crippen molar-refractivity contribution in [2.75, 3.05) is 18.4 Å². The van der Waals surface area contributed by atoms with Crippen LogP contribution in [0.4, 0.5) is 10.5 Å². The van der Waals surface area contributed by atoms with Crippen molar-refractivity contribution >= 4 is 11.8 Å². The third-order valence-corrected chi connectivity index (χ3v) is 3.39. The molecule has 5 heteroatoms. The first-order chi connectivity index (χ1) is 9.77. The Hall–Kier alpha value is -1.59. The van der Waals surface area contributed by atoms with Gasteiger partial charge in [0.2, 0.25) is 0 Å². The number of carbonyl (C=O) groups excluding carboxylic acids is 1. The minimum atomic E-state index is -0.744. The van der Waals surface area contributed by atoms with E-state index in [0.717, 1.165) is 12.1 Å². The maximum absolute atomic E-state index is 11.9. The number of nitrogens with one attached hydrogen (secondary N) is 2. The van der Waals surface area contributed by atoms with Crippen molar-refractivity contribution in [3.05, 3.63) is 29.8 Å². The first-order valence-corrected chi connectivity index (χ1v) is 7.28. The summed E-state index contributed by atoms with van der Waals surface area (Å²) in [7, 11) is 0. The van der Waals surface area contributed by atoms with Crippen LogP contribution in [0.1, 0.15) is 32.8 Å². The number of benzene rings is 1. The molecule has 1 amide bonds. The predicted octanol–water partition coefficient (Wildman–Crippen LogP) is 2.30. The minimum Gasteiger partial charge on any atom is -0.444 e. The van der Waals surface area contributed by atoms with Crippen LogP contribution in [0.25, 0.3) is 0 Å². The molecule has 2 rings (SSSR count). The van der Waals surface area contributed by atoms with Crippen LogP contribution in [0.2, 0.25) is 0 Å². The van der Waals surface area contributed by atoms with E-state index in [9.17, 15) is 9.90 Å². The Morgan fingerprint density at radius 2 is 2.14 bits per heavy atom. The van der Waals surface area contributed by atoms with Gasteiger partial charge < -0.3 is 15.2 Å². The van der Waals surface area contributed by atoms with Gasteiger partial charge in [-0.05, 0) is 45.4 Å². The minimum absolute atomic E-state index is 0.480. The van der Waals surface area contributed by atoms with E-state index in [-0.39, 0.29) is 0 Å². The zero-order valence-electron chi connectivity index (χ0n) is 12.9. The van der Waals surface area contributed by atoms with Crippen molar-refractivity contribution in [1.29, 1.82) is 0 Å². The van der Waals surface area contributed by atoms with E-state index in [2.05, 4.69) is 10.6 Å². The summed E-state index contributed by atoms with van der Waals surface area (Å²) >= 11 is 0. The fraction of sp³-hybridized carbons (Fsp3) is 0.562. The zero-order chi connectivity index (χ0) is 15.5. The number of β-amino-alcohol motifs (C(OH)–C–C–N with tert-alkyl or cyclic N) is 1. The first-order valence-electron chi connectivity index (χ1n) is 7.28. The summed E-state index contributed by atoms with van der Waals surface area (Å²) in [6.45, 7) is 6.87. The molecule has 1 aliphatic heterocycles. The molecule has 116 valence electrons. The van der Waals surface area contributed by atoms with Gasteiger partial charge in [0.1, 0.15) is 5.60 Å². The van der Waals surface area contributed by atoms with Crippen LogP contribution >= 0.6 is 0 Å². The first kappa shape index (κ1) is 15.8. The third kappa shape index (κ3) is 4.72. The van der Waals surface area contributed by atoms with Crippen molar-refractivity contribution < 1.29 is 14.6 Å². The highest BCUT2D eigenvalue weighted by atomic mass is 16.6. The fourth-order valence-corrected chi connectivity index (χ4v) is 2.45. The number of hydrogen-bond acceptors (Lipinski definition) is 4. The van der Waals surface area contributed by atoms with Crippen LogP contribution in [0, 0.1) is 0 Å². The fourth-order valence-electron chi connectivity index (χ4n) is 2.45. The molecular weight excluding hydrogens is 268 g/mol. The molecule has 0 spiro atoms. The van der Waals surface area contributed by atoms with Gasteiger partial charge >= 0.3 is 6.09 Å². The van der Waals surface area contributed by atoms with E-state index >= 15 is 0 Å². The number of aliphatic hydroxyl groups is 1. The van der Waals surface area contributed by atoms with Crippen molar-refractivity contribution in [3.8, 4) is 0 Å². The van der Waals surface area contributed by atoms with E-state index in [0.29, 0.717) is 25.1 Å². The summed E-state index contributed by atoms with van der Waals surface area (Å²) in [5.74, 6) is 0. The van der Waals surface area contributed by atoms with Crippen LogP contribution < -0.4 is 10.6 Å². The Morgan fingerprint density at radius 1 is 1.43 bits per heavy atom. The molecule has 0 aliphatic carbocycles. The van der Waals surface area contributed by atoms with Gasteiger partial charge in [0.25, 0.3) is 0 Å². The molecule has 1 aromatic carbocycles. The summed E-state index contributed by atoms with van der Waals surface area (Å²) in [5, 5.41) is 16.4. The molecule has 1 heterocycles. The molecule has 1 aliphatic rings. The standard InChI is InChI=1S/C16H24N2O3/c1-15(2,3)21-14(19)18-13-7-5-4-6-12(13)10-16(20)8-9-17-11-16/h4-7,17,20H,8-11H2,1-3H3,(H,18,19). The predicted molar refractivity (Wildman–Crippen MR) is 82.4 cm³/mol. The van der Waals surface area contributed by atoms with Crippen molar-refractivity contribution in [3.63, 3.8) is 0 Å². The Bertz CT molecular complexity index is 502. The Labute approximate surface area is 125 Å². The molecule has 5 nitrogen and oxygen atoms in total. The zero-order valence-corrected chi connectivity index (χ0v) is 12.9. The molecule has 0 bridgehead atoms. The number of ether oxygens (including phenoxy) is 1. The van der Waals surface area contributed by atoms with Gasteiger partial charge in [-0.1, -0.05) is 18.2 Å². The van der Waals surface area contributed by atoms with Crippen LogP contribution in [-0.2, 0) is 11.2 Å². The van der Waals surface area contributed by atoms with Gasteiger partial charge in [0.05, 0.1) is 5.60 Å². The number of carbonyl (C=O) groups is 1. The highest BCUT2D eigenvalue weighted by Crippen LogP contribution is 2.25. The molecule has 3 N–H and O–H groups in total. The van der Waals surface area contributed by atoms with Crippen molar-refractivity contribution in [2.24, 2.45) is 0 Å². The second-order valence-corrected chi connectivity index (χ2v) is 6.61. The van der Waals surface area contributed by atoms with Gasteiger partial charge in [0.15, 0.2) is 0 Å². The Balaban J connectivity index is 2.08. The van der Waals surface area contributed by atoms with Gasteiger partial charge in [-0.3, -0.25) is 5.32 Å². The molecule has 0 radical (unpaired) electrons. The summed E-state index contributed by atoms with van der Waals surface area (Å²) < 4.78 is 5.27. The van der Waals surface area contributed by atoms with E-state index < -0.39 is 17.3 Å². The van der Waals surface area contributed by atoms with Gasteiger partial charge in [-0.15, -0.1) is 0 Å². The molecule has 0 aromatic heterocycles. The number of para-hydroxylation sites is 1. The van der Waals surface area contributed by atoms with Crippen LogP contribution in [0.3, 0.4) is 0 Å². The van der Waals surface area contributed by atoms with Crippen molar-refractivity contribution in [1.82, 2.24) is 5.32 Å². The molecule has 1 saturated heterocycles. The number of hydrogen-bond donors (Lipinski definition) is 3. The highest BCUT2D eigenvalue weighted by molar-refractivity contribution is 5.86. The van der Waals surface area contributed by atoms with Crippen molar-refractivity contribution in [2.45, 2.75) is 44.8 Å². The second kappa shape index (κ2) is 6.03. The summed E-state index contributed by atoms with van der Waals surface area (Å²) in [5.41, 5.74) is 0.319. The van der Waals surface area contributed by atoms with E-state index in [4.69, 9.17) is 4.74 Å². The molecule has 1 aromatic rings. The maximum Gasteiger partial charge on any atom is 0.412 e. The molecule has 1 unspecified atom stereocenters. The van der Waals surface area contributed by atoms with Gasteiger partial charge in [0, 0.05) is 18.7 Å². The lowest BCUT2D eigenvalue weighted by Gasteiger charge is -2.24. The normalized spacial score (nSPS) is 22.1. The lowest BCUT2D eigenvalue weighted by atomic mass is 9.93.